The van der Waals surface area contributed by atoms with Gasteiger partial charge in [0.1, 0.15) is 6.54 Å². The van der Waals surface area contributed by atoms with Crippen LogP contribution in [0.3, 0.4) is 0 Å². The topological polar surface area (TPSA) is 40.6 Å². The minimum atomic E-state index is -0.207. The highest BCUT2D eigenvalue weighted by Crippen LogP contribution is 2.16. The van der Waals surface area contributed by atoms with Crippen molar-refractivity contribution < 1.29 is 9.59 Å². The van der Waals surface area contributed by atoms with Crippen molar-refractivity contribution in [1.29, 1.82) is 0 Å². The zero-order valence-corrected chi connectivity index (χ0v) is 10.1. The molecule has 88 valence electrons. The maximum absolute atomic E-state index is 11.9. The molecule has 1 rings (SSSR count). The van der Waals surface area contributed by atoms with E-state index < -0.39 is 0 Å². The van der Waals surface area contributed by atoms with Crippen molar-refractivity contribution in [2.75, 3.05) is 13.1 Å². The van der Waals surface area contributed by atoms with Crippen LogP contribution >= 0.6 is 0 Å². The molecule has 0 aromatic heterocycles. The van der Waals surface area contributed by atoms with E-state index in [2.05, 4.69) is 5.92 Å². The molecule has 0 saturated carbocycles. The van der Waals surface area contributed by atoms with Crippen LogP contribution in [0.25, 0.3) is 0 Å². The van der Waals surface area contributed by atoms with E-state index in [9.17, 15) is 9.59 Å². The molecule has 1 fully saturated rings. The van der Waals surface area contributed by atoms with E-state index in [0.717, 1.165) is 0 Å². The Morgan fingerprint density at radius 3 is 2.50 bits per heavy atom. The van der Waals surface area contributed by atoms with Crippen molar-refractivity contribution in [3.8, 4) is 12.3 Å². The number of hydrogen-bond acceptors (Lipinski definition) is 2. The number of hydrogen-bond donors (Lipinski definition) is 0. The summed E-state index contributed by atoms with van der Waals surface area (Å²) in [5.74, 6) is 2.69. The first kappa shape index (κ1) is 12.6. The Labute approximate surface area is 96.6 Å². The van der Waals surface area contributed by atoms with Gasteiger partial charge in [0.05, 0.1) is 0 Å². The number of rotatable bonds is 4. The van der Waals surface area contributed by atoms with E-state index >= 15 is 0 Å². The first-order chi connectivity index (χ1) is 7.47. The van der Waals surface area contributed by atoms with E-state index in [1.165, 1.54) is 4.90 Å². The minimum Gasteiger partial charge on any atom is -0.315 e. The van der Waals surface area contributed by atoms with Gasteiger partial charge in [-0.15, -0.1) is 12.3 Å². The summed E-state index contributed by atoms with van der Waals surface area (Å²) in [6.45, 7) is 6.64. The van der Waals surface area contributed by atoms with Gasteiger partial charge in [-0.05, 0) is 12.8 Å². The molecule has 0 aromatic carbocycles. The van der Waals surface area contributed by atoms with Crippen LogP contribution in [0, 0.1) is 18.3 Å². The number of urea groups is 1. The van der Waals surface area contributed by atoms with Crippen LogP contribution in [0.5, 0.6) is 0 Å². The monoisotopic (exact) mass is 222 g/mol. The van der Waals surface area contributed by atoms with Gasteiger partial charge in [-0.1, -0.05) is 13.8 Å². The molecule has 1 saturated heterocycles. The van der Waals surface area contributed by atoms with Crippen molar-refractivity contribution in [3.63, 3.8) is 0 Å². The van der Waals surface area contributed by atoms with Crippen LogP contribution in [0.4, 0.5) is 4.79 Å². The summed E-state index contributed by atoms with van der Waals surface area (Å²) in [4.78, 5) is 26.5. The predicted octanol–water partition coefficient (Wildman–Crippen LogP) is 1.32. The van der Waals surface area contributed by atoms with Crippen molar-refractivity contribution in [1.82, 2.24) is 9.80 Å². The van der Waals surface area contributed by atoms with Crippen molar-refractivity contribution >= 4 is 11.9 Å². The number of imide groups is 1. The standard InChI is InChI=1S/C12H18N2O2/c1-5-6-10(4)14-11(15)8-13(12(14)16)7-9(2)3/h1,9-10H,6-8H2,2-4H3/t10-/m1/s1. The highest BCUT2D eigenvalue weighted by atomic mass is 16.2. The average Bonchev–Trinajstić information content (AvgIpc) is 2.41. The quantitative estimate of drug-likeness (QED) is 0.531. The summed E-state index contributed by atoms with van der Waals surface area (Å²) in [5.41, 5.74) is 0. The van der Waals surface area contributed by atoms with Gasteiger partial charge in [-0.25, -0.2) is 4.79 Å². The summed E-state index contributed by atoms with van der Waals surface area (Å²) in [6.07, 6.45) is 5.60. The summed E-state index contributed by atoms with van der Waals surface area (Å²) < 4.78 is 0. The van der Waals surface area contributed by atoms with Gasteiger partial charge in [0.2, 0.25) is 0 Å². The van der Waals surface area contributed by atoms with Crippen molar-refractivity contribution in [3.05, 3.63) is 0 Å². The maximum Gasteiger partial charge on any atom is 0.327 e. The second-order valence-electron chi connectivity index (χ2n) is 4.58. The molecule has 0 aliphatic carbocycles. The van der Waals surface area contributed by atoms with Crippen LogP contribution in [0.15, 0.2) is 0 Å². The second kappa shape index (κ2) is 5.02. The molecule has 4 nitrogen and oxygen atoms in total. The molecule has 1 aliphatic heterocycles. The van der Waals surface area contributed by atoms with E-state index in [1.807, 2.05) is 13.8 Å². The Balaban J connectivity index is 2.71. The number of amides is 3. The molecule has 1 heterocycles. The summed E-state index contributed by atoms with van der Waals surface area (Å²) >= 11 is 0. The normalized spacial score (nSPS) is 18.2. The smallest absolute Gasteiger partial charge is 0.315 e. The zero-order chi connectivity index (χ0) is 12.3. The zero-order valence-electron chi connectivity index (χ0n) is 10.1. The molecule has 0 N–H and O–H groups in total. The maximum atomic E-state index is 11.9. The van der Waals surface area contributed by atoms with E-state index in [1.54, 1.807) is 11.8 Å². The molecular weight excluding hydrogens is 204 g/mol. The van der Waals surface area contributed by atoms with E-state index in [4.69, 9.17) is 6.42 Å². The molecule has 4 heteroatoms. The first-order valence-electron chi connectivity index (χ1n) is 5.51. The van der Waals surface area contributed by atoms with Crippen LogP contribution in [0.1, 0.15) is 27.2 Å². The minimum absolute atomic E-state index is 0.145. The third-order valence-corrected chi connectivity index (χ3v) is 2.51. The SMILES string of the molecule is C#CC[C@@H](C)N1C(=O)CN(CC(C)C)C1=O. The Hall–Kier alpha value is -1.50. The molecule has 1 atom stereocenters. The molecule has 0 radical (unpaired) electrons. The molecule has 1 aliphatic rings. The van der Waals surface area contributed by atoms with Crippen molar-refractivity contribution in [2.24, 2.45) is 5.92 Å². The van der Waals surface area contributed by atoms with Crippen LogP contribution in [-0.2, 0) is 4.79 Å². The Morgan fingerprint density at radius 2 is 2.00 bits per heavy atom. The first-order valence-corrected chi connectivity index (χ1v) is 5.51. The fourth-order valence-electron chi connectivity index (χ4n) is 1.85. The van der Waals surface area contributed by atoms with Gasteiger partial charge in [0, 0.05) is 19.0 Å². The van der Waals surface area contributed by atoms with E-state index in [-0.39, 0.29) is 24.5 Å². The van der Waals surface area contributed by atoms with Gasteiger partial charge in [-0.3, -0.25) is 9.69 Å². The third kappa shape index (κ3) is 2.54. The lowest BCUT2D eigenvalue weighted by atomic mass is 10.2. The second-order valence-corrected chi connectivity index (χ2v) is 4.58. The molecule has 0 aromatic rings. The number of carbonyl (C=O) groups excluding carboxylic acids is 2. The Bertz CT molecular complexity index is 330. The molecule has 0 bridgehead atoms. The fourth-order valence-corrected chi connectivity index (χ4v) is 1.85. The molecule has 3 amide bonds. The van der Waals surface area contributed by atoms with Gasteiger partial charge in [0.25, 0.3) is 5.91 Å². The van der Waals surface area contributed by atoms with Crippen molar-refractivity contribution in [2.45, 2.75) is 33.2 Å². The lowest BCUT2D eigenvalue weighted by Gasteiger charge is -2.22. The molecular formula is C12H18N2O2. The van der Waals surface area contributed by atoms with Crippen LogP contribution in [-0.4, -0.2) is 40.9 Å². The number of terminal acetylenes is 1. The lowest BCUT2D eigenvalue weighted by molar-refractivity contribution is -0.126. The van der Waals surface area contributed by atoms with Crippen LogP contribution < -0.4 is 0 Å². The van der Waals surface area contributed by atoms with Crippen LogP contribution in [0.2, 0.25) is 0 Å². The fraction of sp³-hybridized carbons (Fsp3) is 0.667. The third-order valence-electron chi connectivity index (χ3n) is 2.51. The molecule has 16 heavy (non-hydrogen) atoms. The van der Waals surface area contributed by atoms with Gasteiger partial charge in [0.15, 0.2) is 0 Å². The molecule has 0 unspecified atom stereocenters. The van der Waals surface area contributed by atoms with E-state index in [0.29, 0.717) is 18.9 Å². The lowest BCUT2D eigenvalue weighted by Crippen LogP contribution is -2.40. The largest absolute Gasteiger partial charge is 0.327 e. The number of nitrogens with zero attached hydrogens (tertiary/aromatic N) is 2. The summed E-state index contributed by atoms with van der Waals surface area (Å²) in [6, 6.07) is -0.413. The van der Waals surface area contributed by atoms with Gasteiger partial charge < -0.3 is 4.90 Å². The summed E-state index contributed by atoms with van der Waals surface area (Å²) in [7, 11) is 0. The Kier molecular flexibility index (Phi) is 3.94. The van der Waals surface area contributed by atoms with Gasteiger partial charge >= 0.3 is 6.03 Å². The molecule has 0 spiro atoms. The van der Waals surface area contributed by atoms with Gasteiger partial charge in [-0.2, -0.15) is 0 Å². The Morgan fingerprint density at radius 1 is 1.38 bits per heavy atom. The number of carbonyl (C=O) groups is 2. The average molecular weight is 222 g/mol. The summed E-state index contributed by atoms with van der Waals surface area (Å²) in [5, 5.41) is 0. The highest BCUT2D eigenvalue weighted by Gasteiger charge is 2.38. The highest BCUT2D eigenvalue weighted by molar-refractivity contribution is 6.02. The predicted molar refractivity (Wildman–Crippen MR) is 61.6 cm³/mol.